The number of nitrogens with zero attached hydrogens (tertiary/aromatic N) is 3. The van der Waals surface area contributed by atoms with Gasteiger partial charge in [0.05, 0.1) is 6.54 Å². The molecular formula is C27H42N4O6. The summed E-state index contributed by atoms with van der Waals surface area (Å²) < 4.78 is 11.0. The molecule has 10 nitrogen and oxygen atoms in total. The summed E-state index contributed by atoms with van der Waals surface area (Å²) in [6.07, 6.45) is -2.33. The van der Waals surface area contributed by atoms with Gasteiger partial charge >= 0.3 is 12.2 Å². The molecule has 0 spiro atoms. The van der Waals surface area contributed by atoms with Gasteiger partial charge in [0.15, 0.2) is 5.54 Å². The highest BCUT2D eigenvalue weighted by Gasteiger charge is 2.57. The zero-order chi connectivity index (χ0) is 28.3. The summed E-state index contributed by atoms with van der Waals surface area (Å²) in [5.74, 6) is -0.823. The number of ether oxygens (including phenoxy) is 2. The summed E-state index contributed by atoms with van der Waals surface area (Å²) in [6, 6.07) is 8.75. The number of hydrogen-bond donors (Lipinski definition) is 1. The Hall–Kier alpha value is -3.30. The molecule has 1 aliphatic rings. The lowest BCUT2D eigenvalue weighted by Crippen LogP contribution is -2.77. The van der Waals surface area contributed by atoms with Crippen molar-refractivity contribution < 1.29 is 28.7 Å². The normalized spacial score (nSPS) is 20.5. The van der Waals surface area contributed by atoms with E-state index in [-0.39, 0.29) is 24.8 Å². The topological polar surface area (TPSA) is 108 Å². The minimum atomic E-state index is -1.65. The van der Waals surface area contributed by atoms with Crippen LogP contribution in [0.3, 0.4) is 0 Å². The molecule has 1 heterocycles. The summed E-state index contributed by atoms with van der Waals surface area (Å²) in [5, 5.41) is 0.896. The van der Waals surface area contributed by atoms with Gasteiger partial charge in [0, 0.05) is 12.6 Å². The molecule has 0 bridgehead atoms. The Labute approximate surface area is 220 Å². The predicted octanol–water partition coefficient (Wildman–Crippen LogP) is 4.41. The van der Waals surface area contributed by atoms with Gasteiger partial charge in [-0.15, -0.1) is 0 Å². The van der Waals surface area contributed by atoms with Crippen molar-refractivity contribution in [1.29, 1.82) is 0 Å². The molecule has 0 aromatic heterocycles. The largest absolute Gasteiger partial charge is 0.443 e. The summed E-state index contributed by atoms with van der Waals surface area (Å²) in [5.41, 5.74) is -0.502. The molecule has 1 saturated heterocycles. The number of carbonyl (C=O) groups is 4. The number of amides is 4. The second-order valence-corrected chi connectivity index (χ2v) is 11.7. The average Bonchev–Trinajstić information content (AvgIpc) is 2.77. The van der Waals surface area contributed by atoms with Crippen LogP contribution in [0.15, 0.2) is 30.3 Å². The Morgan fingerprint density at radius 2 is 1.59 bits per heavy atom. The zero-order valence-corrected chi connectivity index (χ0v) is 23.7. The Balaban J connectivity index is 2.64. The average molecular weight is 519 g/mol. The molecule has 1 aromatic carbocycles. The molecule has 0 aliphatic carbocycles. The standard InChI is InChI=1S/C27H42N4O6/c1-11-27(31(24(35)37-26(7,8)9)28-23(34)36-25(4,5)6)17-30(20(18(2)3)29(10)22(27)33)21(32)19-15-13-12-14-16-19/h12-16,18,20H,11,17H2,1-10H3,(H,28,34)/t20-,27-/m1/s1. The molecule has 4 amide bonds. The van der Waals surface area contributed by atoms with Crippen LogP contribution in [0.25, 0.3) is 0 Å². The molecule has 10 heteroatoms. The van der Waals surface area contributed by atoms with Crippen molar-refractivity contribution in [3.05, 3.63) is 35.9 Å². The minimum Gasteiger partial charge on any atom is -0.443 e. The van der Waals surface area contributed by atoms with Gasteiger partial charge in [-0.25, -0.2) is 15.0 Å². The van der Waals surface area contributed by atoms with E-state index in [1.807, 2.05) is 19.9 Å². The number of benzene rings is 1. The number of hydrogen-bond acceptors (Lipinski definition) is 6. The van der Waals surface area contributed by atoms with Crippen LogP contribution in [0.4, 0.5) is 9.59 Å². The first kappa shape index (κ1) is 29.9. The molecule has 0 unspecified atom stereocenters. The number of likely N-dealkylation sites (N-methyl/N-ethyl adjacent to an activating group) is 1. The van der Waals surface area contributed by atoms with Crippen molar-refractivity contribution >= 4 is 24.0 Å². The van der Waals surface area contributed by atoms with Crippen molar-refractivity contribution in [2.24, 2.45) is 5.92 Å². The smallest absolute Gasteiger partial charge is 0.430 e. The van der Waals surface area contributed by atoms with Crippen LogP contribution in [0.2, 0.25) is 0 Å². The van der Waals surface area contributed by atoms with E-state index in [1.165, 1.54) is 4.90 Å². The molecular weight excluding hydrogens is 476 g/mol. The fourth-order valence-corrected chi connectivity index (χ4v) is 4.46. The van der Waals surface area contributed by atoms with Crippen molar-refractivity contribution in [1.82, 2.24) is 20.2 Å². The van der Waals surface area contributed by atoms with Crippen LogP contribution in [-0.4, -0.2) is 75.3 Å². The zero-order valence-electron chi connectivity index (χ0n) is 23.7. The quantitative estimate of drug-likeness (QED) is 0.592. The van der Waals surface area contributed by atoms with E-state index in [0.29, 0.717) is 5.56 Å². The molecule has 1 aliphatic heterocycles. The highest BCUT2D eigenvalue weighted by atomic mass is 16.6. The fourth-order valence-electron chi connectivity index (χ4n) is 4.46. The van der Waals surface area contributed by atoms with Gasteiger partial charge in [-0.1, -0.05) is 39.0 Å². The Morgan fingerprint density at radius 1 is 1.05 bits per heavy atom. The fraction of sp³-hybridized carbons (Fsp3) is 0.630. The number of hydrazine groups is 1. The summed E-state index contributed by atoms with van der Waals surface area (Å²) in [4.78, 5) is 57.2. The lowest BCUT2D eigenvalue weighted by Gasteiger charge is -2.54. The van der Waals surface area contributed by atoms with E-state index in [9.17, 15) is 19.2 Å². The third-order valence-electron chi connectivity index (χ3n) is 5.94. The van der Waals surface area contributed by atoms with Crippen molar-refractivity contribution in [3.8, 4) is 0 Å². The maximum atomic E-state index is 14.0. The highest BCUT2D eigenvalue weighted by molar-refractivity contribution is 5.98. The molecule has 37 heavy (non-hydrogen) atoms. The van der Waals surface area contributed by atoms with Gasteiger partial charge in [-0.05, 0) is 66.0 Å². The predicted molar refractivity (Wildman–Crippen MR) is 139 cm³/mol. The lowest BCUT2D eigenvalue weighted by atomic mass is 9.87. The SMILES string of the molecule is CC[C@@]1(N(NC(=O)OC(C)(C)C)C(=O)OC(C)(C)C)CN(C(=O)c2ccccc2)[C@H](C(C)C)N(C)C1=O. The second-order valence-electron chi connectivity index (χ2n) is 11.7. The van der Waals surface area contributed by atoms with Gasteiger partial charge in [0.1, 0.15) is 17.4 Å². The van der Waals surface area contributed by atoms with Gasteiger partial charge < -0.3 is 19.3 Å². The molecule has 1 aromatic rings. The van der Waals surface area contributed by atoms with E-state index in [0.717, 1.165) is 5.01 Å². The van der Waals surface area contributed by atoms with Gasteiger partial charge in [-0.3, -0.25) is 9.59 Å². The van der Waals surface area contributed by atoms with E-state index >= 15 is 0 Å². The first-order valence-electron chi connectivity index (χ1n) is 12.6. The number of carbonyl (C=O) groups excluding carboxylic acids is 4. The summed E-state index contributed by atoms with van der Waals surface area (Å²) >= 11 is 0. The van der Waals surface area contributed by atoms with Crippen molar-refractivity contribution in [2.45, 2.75) is 91.6 Å². The van der Waals surface area contributed by atoms with E-state index in [2.05, 4.69) is 5.43 Å². The van der Waals surface area contributed by atoms with E-state index in [4.69, 9.17) is 9.47 Å². The Bertz CT molecular complexity index is 998. The lowest BCUT2D eigenvalue weighted by molar-refractivity contribution is -0.165. The van der Waals surface area contributed by atoms with Crippen LogP contribution >= 0.6 is 0 Å². The van der Waals surface area contributed by atoms with Crippen molar-refractivity contribution in [3.63, 3.8) is 0 Å². The van der Waals surface area contributed by atoms with Crippen LogP contribution in [0.1, 0.15) is 79.1 Å². The van der Waals surface area contributed by atoms with E-state index in [1.54, 1.807) is 84.7 Å². The molecule has 2 atom stereocenters. The number of rotatable bonds is 4. The highest BCUT2D eigenvalue weighted by Crippen LogP contribution is 2.34. The van der Waals surface area contributed by atoms with Gasteiger partial charge in [0.25, 0.3) is 11.8 Å². The monoisotopic (exact) mass is 518 g/mol. The van der Waals surface area contributed by atoms with Crippen LogP contribution < -0.4 is 5.43 Å². The third kappa shape index (κ3) is 6.93. The maximum absolute atomic E-state index is 14.0. The van der Waals surface area contributed by atoms with Crippen LogP contribution in [0, 0.1) is 5.92 Å². The third-order valence-corrected chi connectivity index (χ3v) is 5.94. The summed E-state index contributed by atoms with van der Waals surface area (Å²) in [6.45, 7) is 15.5. The minimum absolute atomic E-state index is 0.0919. The van der Waals surface area contributed by atoms with Crippen LogP contribution in [-0.2, 0) is 14.3 Å². The second kappa shape index (κ2) is 11.0. The first-order chi connectivity index (χ1) is 16.9. The molecule has 0 radical (unpaired) electrons. The van der Waals surface area contributed by atoms with E-state index < -0.39 is 41.0 Å². The Kier molecular flexibility index (Phi) is 8.88. The maximum Gasteiger partial charge on any atom is 0.430 e. The van der Waals surface area contributed by atoms with Crippen molar-refractivity contribution in [2.75, 3.05) is 13.6 Å². The number of nitrogens with one attached hydrogen (secondary N) is 1. The Morgan fingerprint density at radius 3 is 2.05 bits per heavy atom. The molecule has 1 fully saturated rings. The molecule has 206 valence electrons. The van der Waals surface area contributed by atoms with Crippen LogP contribution in [0.5, 0.6) is 0 Å². The summed E-state index contributed by atoms with van der Waals surface area (Å²) in [7, 11) is 1.60. The first-order valence-corrected chi connectivity index (χ1v) is 12.6. The van der Waals surface area contributed by atoms with Gasteiger partial charge in [-0.2, -0.15) is 5.01 Å². The van der Waals surface area contributed by atoms with Gasteiger partial charge in [0.2, 0.25) is 0 Å². The molecule has 2 rings (SSSR count). The molecule has 0 saturated carbocycles. The molecule has 1 N–H and O–H groups in total.